The molecule has 0 saturated carbocycles. The van der Waals surface area contributed by atoms with Crippen molar-refractivity contribution in [3.8, 4) is 0 Å². The van der Waals surface area contributed by atoms with E-state index in [2.05, 4.69) is 10.1 Å². The third-order valence-electron chi connectivity index (χ3n) is 7.22. The zero-order valence-corrected chi connectivity index (χ0v) is 25.7. The lowest BCUT2D eigenvalue weighted by molar-refractivity contribution is -0.145. The maximum absolute atomic E-state index is 14.6. The summed E-state index contributed by atoms with van der Waals surface area (Å²) in [5, 5.41) is 1.35. The summed E-state index contributed by atoms with van der Waals surface area (Å²) in [6, 6.07) is 22.8. The van der Waals surface area contributed by atoms with Gasteiger partial charge in [0.2, 0.25) is 15.9 Å². The number of hydrazine groups is 1. The van der Waals surface area contributed by atoms with Crippen molar-refractivity contribution in [2.75, 3.05) is 15.9 Å². The fourth-order valence-electron chi connectivity index (χ4n) is 5.51. The van der Waals surface area contributed by atoms with Crippen LogP contribution in [-0.4, -0.2) is 43.6 Å². The van der Waals surface area contributed by atoms with Crippen molar-refractivity contribution in [2.45, 2.75) is 58.0 Å². The van der Waals surface area contributed by atoms with E-state index in [-0.39, 0.29) is 41.5 Å². The molecule has 3 atom stereocenters. The molecule has 0 spiro atoms. The predicted molar refractivity (Wildman–Crippen MR) is 167 cm³/mol. The molecule has 4 rings (SSSR count). The third-order valence-corrected chi connectivity index (χ3v) is 7.82. The number of sulfonamides is 1. The number of nitrogens with zero attached hydrogens (tertiary/aromatic N) is 2. The van der Waals surface area contributed by atoms with Gasteiger partial charge < -0.3 is 5.73 Å². The molecule has 0 aromatic heterocycles. The van der Waals surface area contributed by atoms with E-state index >= 15 is 0 Å². The highest BCUT2D eigenvalue weighted by atomic mass is 32.2. The highest BCUT2D eigenvalue weighted by molar-refractivity contribution is 7.92. The molecule has 11 heteroatoms. The van der Waals surface area contributed by atoms with Crippen LogP contribution in [0.1, 0.15) is 63.1 Å². The standard InChI is InChI=1S/C32H39N5O5S/c1-32(2,3)21-29(38)34-37-27(23-14-9-6-10-15-23)18-24(22-12-7-5-8-13-22)19-28(30(37)39)36(31(33)40)26-17-11-16-25(20-26)35-43(4,41)42/h5-17,20,24,27-28,35H,18-19,21H2,1-4H3,(H2,33,40)(H,34,38). The van der Waals surface area contributed by atoms with Crippen molar-refractivity contribution < 1.29 is 22.8 Å². The van der Waals surface area contributed by atoms with E-state index in [0.29, 0.717) is 6.42 Å². The van der Waals surface area contributed by atoms with Gasteiger partial charge in [0.05, 0.1) is 18.0 Å². The highest BCUT2D eigenvalue weighted by Crippen LogP contribution is 2.40. The first-order valence-electron chi connectivity index (χ1n) is 14.1. The van der Waals surface area contributed by atoms with E-state index in [9.17, 15) is 22.8 Å². The second kappa shape index (κ2) is 12.9. The van der Waals surface area contributed by atoms with Crippen molar-refractivity contribution in [3.05, 3.63) is 96.1 Å². The molecule has 0 bridgehead atoms. The SMILES string of the molecule is CC(C)(C)CC(=O)NN1C(=O)C(N(C(N)=O)c2cccc(NS(C)(=O)=O)c2)CC(c2ccccc2)CC1c1ccccc1. The van der Waals surface area contributed by atoms with Crippen LogP contribution in [0.2, 0.25) is 0 Å². The Morgan fingerprint density at radius 3 is 2.09 bits per heavy atom. The topological polar surface area (TPSA) is 142 Å². The summed E-state index contributed by atoms with van der Waals surface area (Å²) in [4.78, 5) is 42.2. The molecule has 4 N–H and O–H groups in total. The van der Waals surface area contributed by atoms with Crippen LogP contribution in [0.3, 0.4) is 0 Å². The molecule has 10 nitrogen and oxygen atoms in total. The van der Waals surface area contributed by atoms with Gasteiger partial charge in [-0.1, -0.05) is 87.5 Å². The number of hydrogen-bond donors (Lipinski definition) is 3. The zero-order chi connectivity index (χ0) is 31.4. The maximum Gasteiger partial charge on any atom is 0.320 e. The fourth-order valence-corrected chi connectivity index (χ4v) is 6.07. The monoisotopic (exact) mass is 605 g/mol. The normalized spacial score (nSPS) is 19.3. The Labute approximate surface area is 253 Å². The number of nitrogens with two attached hydrogens (primary N) is 1. The molecular formula is C32H39N5O5S. The van der Waals surface area contributed by atoms with E-state index < -0.39 is 34.0 Å². The number of nitrogens with one attached hydrogen (secondary N) is 2. The van der Waals surface area contributed by atoms with Gasteiger partial charge in [-0.25, -0.2) is 18.2 Å². The summed E-state index contributed by atoms with van der Waals surface area (Å²) < 4.78 is 26.2. The van der Waals surface area contributed by atoms with Crippen LogP contribution in [0.25, 0.3) is 0 Å². The van der Waals surface area contributed by atoms with Crippen LogP contribution < -0.4 is 20.8 Å². The van der Waals surface area contributed by atoms with Crippen molar-refractivity contribution in [2.24, 2.45) is 11.1 Å². The van der Waals surface area contributed by atoms with Crippen molar-refractivity contribution >= 4 is 39.2 Å². The summed E-state index contributed by atoms with van der Waals surface area (Å²) in [5.41, 5.74) is 10.7. The van der Waals surface area contributed by atoms with Crippen molar-refractivity contribution in [1.82, 2.24) is 10.4 Å². The Bertz CT molecular complexity index is 1560. The molecule has 3 aromatic rings. The molecule has 1 aliphatic heterocycles. The Hall–Kier alpha value is -4.38. The van der Waals surface area contributed by atoms with Gasteiger partial charge in [-0.15, -0.1) is 0 Å². The molecule has 43 heavy (non-hydrogen) atoms. The van der Waals surface area contributed by atoms with E-state index in [1.807, 2.05) is 81.4 Å². The minimum atomic E-state index is -3.61. The predicted octanol–water partition coefficient (Wildman–Crippen LogP) is 4.93. The Kier molecular flexibility index (Phi) is 9.44. The summed E-state index contributed by atoms with van der Waals surface area (Å²) in [6.45, 7) is 5.81. The lowest BCUT2D eigenvalue weighted by Crippen LogP contribution is -2.57. The van der Waals surface area contributed by atoms with E-state index in [4.69, 9.17) is 5.73 Å². The van der Waals surface area contributed by atoms with Crippen molar-refractivity contribution in [1.29, 1.82) is 0 Å². The lowest BCUT2D eigenvalue weighted by Gasteiger charge is -2.35. The molecule has 4 amide bonds. The van der Waals surface area contributed by atoms with Crippen molar-refractivity contribution in [3.63, 3.8) is 0 Å². The number of carbonyl (C=O) groups is 3. The molecule has 228 valence electrons. The molecule has 0 radical (unpaired) electrons. The number of amides is 4. The molecule has 0 aliphatic carbocycles. The largest absolute Gasteiger partial charge is 0.351 e. The number of rotatable bonds is 8. The molecular weight excluding hydrogens is 566 g/mol. The summed E-state index contributed by atoms with van der Waals surface area (Å²) in [6.07, 6.45) is 1.87. The van der Waals surface area contributed by atoms with Crippen LogP contribution in [0.15, 0.2) is 84.9 Å². The average molecular weight is 606 g/mol. The second-order valence-corrected chi connectivity index (χ2v) is 13.9. The van der Waals surface area contributed by atoms with Gasteiger partial charge in [-0.05, 0) is 53.5 Å². The molecule has 3 aromatic carbocycles. The number of hydrogen-bond acceptors (Lipinski definition) is 5. The lowest BCUT2D eigenvalue weighted by atomic mass is 9.86. The van der Waals surface area contributed by atoms with Gasteiger partial charge in [0.25, 0.3) is 5.91 Å². The van der Waals surface area contributed by atoms with Gasteiger partial charge in [-0.2, -0.15) is 0 Å². The summed E-state index contributed by atoms with van der Waals surface area (Å²) >= 11 is 0. The third kappa shape index (κ3) is 8.35. The Morgan fingerprint density at radius 2 is 1.53 bits per heavy atom. The van der Waals surface area contributed by atoms with Gasteiger partial charge in [0, 0.05) is 12.1 Å². The number of anilines is 2. The first-order chi connectivity index (χ1) is 20.2. The molecule has 3 unspecified atom stereocenters. The fraction of sp³-hybridized carbons (Fsp3) is 0.344. The first kappa shape index (κ1) is 31.6. The van der Waals surface area contributed by atoms with Crippen LogP contribution in [0.5, 0.6) is 0 Å². The molecule has 1 fully saturated rings. The summed E-state index contributed by atoms with van der Waals surface area (Å²) in [5.74, 6) is -1.04. The zero-order valence-electron chi connectivity index (χ0n) is 24.9. The average Bonchev–Trinajstić information content (AvgIpc) is 3.05. The van der Waals surface area contributed by atoms with E-state index in [0.717, 1.165) is 17.4 Å². The second-order valence-electron chi connectivity index (χ2n) is 12.1. The summed E-state index contributed by atoms with van der Waals surface area (Å²) in [7, 11) is -3.61. The van der Waals surface area contributed by atoms with Gasteiger partial charge >= 0.3 is 6.03 Å². The van der Waals surface area contributed by atoms with Crippen LogP contribution in [-0.2, 0) is 19.6 Å². The van der Waals surface area contributed by atoms with Crippen LogP contribution >= 0.6 is 0 Å². The first-order valence-corrected chi connectivity index (χ1v) is 16.0. The Balaban J connectivity index is 1.85. The highest BCUT2D eigenvalue weighted by Gasteiger charge is 2.43. The van der Waals surface area contributed by atoms with E-state index in [1.165, 1.54) is 22.0 Å². The van der Waals surface area contributed by atoms with Gasteiger partial charge in [-0.3, -0.25) is 24.6 Å². The Morgan fingerprint density at radius 1 is 0.930 bits per heavy atom. The van der Waals surface area contributed by atoms with Gasteiger partial charge in [0.1, 0.15) is 6.04 Å². The van der Waals surface area contributed by atoms with Crippen LogP contribution in [0.4, 0.5) is 16.2 Å². The van der Waals surface area contributed by atoms with Gasteiger partial charge in [0.15, 0.2) is 0 Å². The minimum Gasteiger partial charge on any atom is -0.351 e. The quantitative estimate of drug-likeness (QED) is 0.334. The van der Waals surface area contributed by atoms with Crippen LogP contribution in [0, 0.1) is 5.41 Å². The number of primary amides is 1. The number of benzene rings is 3. The minimum absolute atomic E-state index is 0.170. The number of urea groups is 1. The number of carbonyl (C=O) groups excluding carboxylic acids is 3. The maximum atomic E-state index is 14.6. The molecule has 1 saturated heterocycles. The molecule has 1 aliphatic rings. The smallest absolute Gasteiger partial charge is 0.320 e. The van der Waals surface area contributed by atoms with E-state index in [1.54, 1.807) is 12.1 Å². The molecule has 1 heterocycles.